The second-order valence-electron chi connectivity index (χ2n) is 4.71. The number of nitrogens with one attached hydrogen (secondary N) is 2. The number of carbonyl (C=O) groups excluding carboxylic acids is 1. The summed E-state index contributed by atoms with van der Waals surface area (Å²) in [7, 11) is 0. The Hall–Kier alpha value is -1.17. The van der Waals surface area contributed by atoms with E-state index in [-0.39, 0.29) is 11.4 Å². The van der Waals surface area contributed by atoms with E-state index in [9.17, 15) is 4.79 Å². The average molecular weight is 254 g/mol. The Bertz CT molecular complexity index is 400. The van der Waals surface area contributed by atoms with Gasteiger partial charge < -0.3 is 10.6 Å². The molecule has 94 valence electrons. The lowest BCUT2D eigenvalue weighted by atomic mass is 9.78. The van der Waals surface area contributed by atoms with E-state index in [1.54, 1.807) is 0 Å². The summed E-state index contributed by atoms with van der Waals surface area (Å²) in [5.74, 6) is -0.103. The van der Waals surface area contributed by atoms with Crippen LogP contribution in [0.3, 0.4) is 0 Å². The number of anilines is 1. The molecule has 0 unspecified atom stereocenters. The maximum Gasteiger partial charge on any atom is 0.282 e. The summed E-state index contributed by atoms with van der Waals surface area (Å²) in [6.45, 7) is 5.01. The van der Waals surface area contributed by atoms with Crippen molar-refractivity contribution < 1.29 is 4.79 Å². The number of aromatic nitrogens is 2. The third kappa shape index (κ3) is 2.94. The van der Waals surface area contributed by atoms with E-state index >= 15 is 0 Å². The summed E-state index contributed by atoms with van der Waals surface area (Å²) < 4.78 is 0. The standard InChI is InChI=1S/C11H18N4OS/c1-3-7-12-10-15-14-9(17-10)8(16)13-11(2)5-4-6-11/h3-7H2,1-2H3,(H,12,15)(H,13,16). The van der Waals surface area contributed by atoms with Gasteiger partial charge in [-0.05, 0) is 32.6 Å². The molecule has 2 N–H and O–H groups in total. The molecule has 0 atom stereocenters. The first-order valence-electron chi connectivity index (χ1n) is 6.03. The van der Waals surface area contributed by atoms with Crippen LogP contribution in [0.4, 0.5) is 5.13 Å². The highest BCUT2D eigenvalue weighted by molar-refractivity contribution is 7.17. The van der Waals surface area contributed by atoms with Crippen molar-refractivity contribution >= 4 is 22.4 Å². The number of hydrogen-bond donors (Lipinski definition) is 2. The second kappa shape index (κ2) is 5.00. The van der Waals surface area contributed by atoms with Gasteiger partial charge in [-0.1, -0.05) is 18.3 Å². The summed E-state index contributed by atoms with van der Waals surface area (Å²) in [6, 6.07) is 0. The van der Waals surface area contributed by atoms with Crippen molar-refractivity contribution in [1.29, 1.82) is 0 Å². The largest absolute Gasteiger partial charge is 0.360 e. The van der Waals surface area contributed by atoms with E-state index in [2.05, 4.69) is 34.7 Å². The topological polar surface area (TPSA) is 66.9 Å². The number of rotatable bonds is 5. The molecular weight excluding hydrogens is 236 g/mol. The molecule has 1 fully saturated rings. The van der Waals surface area contributed by atoms with Gasteiger partial charge in [-0.25, -0.2) is 0 Å². The van der Waals surface area contributed by atoms with Crippen LogP contribution in [0.25, 0.3) is 0 Å². The van der Waals surface area contributed by atoms with Gasteiger partial charge in [-0.2, -0.15) is 0 Å². The average Bonchev–Trinajstić information content (AvgIpc) is 2.72. The Labute approximate surface area is 105 Å². The fraction of sp³-hybridized carbons (Fsp3) is 0.727. The van der Waals surface area contributed by atoms with Gasteiger partial charge in [0, 0.05) is 12.1 Å². The van der Waals surface area contributed by atoms with Gasteiger partial charge in [0.15, 0.2) is 0 Å². The highest BCUT2D eigenvalue weighted by Gasteiger charge is 2.34. The van der Waals surface area contributed by atoms with Crippen molar-refractivity contribution in [3.05, 3.63) is 5.01 Å². The van der Waals surface area contributed by atoms with Crippen molar-refractivity contribution in [3.8, 4) is 0 Å². The highest BCUT2D eigenvalue weighted by Crippen LogP contribution is 2.31. The molecule has 1 aromatic heterocycles. The molecule has 0 radical (unpaired) electrons. The molecule has 5 nitrogen and oxygen atoms in total. The number of carbonyl (C=O) groups is 1. The predicted molar refractivity (Wildman–Crippen MR) is 68.4 cm³/mol. The third-order valence-corrected chi connectivity index (χ3v) is 3.90. The van der Waals surface area contributed by atoms with E-state index < -0.39 is 0 Å². The first-order valence-corrected chi connectivity index (χ1v) is 6.84. The van der Waals surface area contributed by atoms with Gasteiger partial charge in [-0.3, -0.25) is 4.79 Å². The molecule has 1 saturated carbocycles. The van der Waals surface area contributed by atoms with Crippen LogP contribution in [0.2, 0.25) is 0 Å². The molecule has 1 aliphatic rings. The van der Waals surface area contributed by atoms with Crippen LogP contribution in [0.1, 0.15) is 49.3 Å². The molecule has 0 aliphatic heterocycles. The third-order valence-electron chi connectivity index (χ3n) is 3.02. The zero-order chi connectivity index (χ0) is 12.3. The molecule has 1 aliphatic carbocycles. The Morgan fingerprint density at radius 3 is 2.82 bits per heavy atom. The van der Waals surface area contributed by atoms with Gasteiger partial charge in [0.25, 0.3) is 5.91 Å². The predicted octanol–water partition coefficient (Wildman–Crippen LogP) is 2.03. The Balaban J connectivity index is 1.92. The zero-order valence-corrected chi connectivity index (χ0v) is 11.1. The van der Waals surface area contributed by atoms with Crippen LogP contribution >= 0.6 is 11.3 Å². The summed E-state index contributed by atoms with van der Waals surface area (Å²) in [5, 5.41) is 15.2. The Kier molecular flexibility index (Phi) is 3.61. The highest BCUT2D eigenvalue weighted by atomic mass is 32.1. The van der Waals surface area contributed by atoms with Crippen LogP contribution in [-0.2, 0) is 0 Å². The molecule has 17 heavy (non-hydrogen) atoms. The second-order valence-corrected chi connectivity index (χ2v) is 5.69. The summed E-state index contributed by atoms with van der Waals surface area (Å²) in [6.07, 6.45) is 4.33. The van der Waals surface area contributed by atoms with Crippen LogP contribution in [0.5, 0.6) is 0 Å². The molecular formula is C11H18N4OS. The van der Waals surface area contributed by atoms with E-state index in [1.165, 1.54) is 17.8 Å². The van der Waals surface area contributed by atoms with Crippen LogP contribution < -0.4 is 10.6 Å². The maximum atomic E-state index is 11.9. The minimum absolute atomic E-state index is 0.0280. The minimum Gasteiger partial charge on any atom is -0.360 e. The first-order chi connectivity index (χ1) is 8.13. The van der Waals surface area contributed by atoms with Crippen molar-refractivity contribution in [2.75, 3.05) is 11.9 Å². The van der Waals surface area contributed by atoms with E-state index in [0.717, 1.165) is 30.9 Å². The number of hydrogen-bond acceptors (Lipinski definition) is 5. The molecule has 2 rings (SSSR count). The fourth-order valence-corrected chi connectivity index (χ4v) is 2.44. The monoisotopic (exact) mass is 254 g/mol. The van der Waals surface area contributed by atoms with Crippen molar-refractivity contribution in [2.45, 2.75) is 45.1 Å². The lowest BCUT2D eigenvalue weighted by molar-refractivity contribution is 0.0849. The van der Waals surface area contributed by atoms with E-state index in [4.69, 9.17) is 0 Å². The zero-order valence-electron chi connectivity index (χ0n) is 10.2. The molecule has 1 aromatic rings. The molecule has 0 aromatic carbocycles. The molecule has 1 heterocycles. The first kappa shape index (κ1) is 12.3. The molecule has 0 saturated heterocycles. The lowest BCUT2D eigenvalue weighted by Crippen LogP contribution is -2.50. The maximum absolute atomic E-state index is 11.9. The van der Waals surface area contributed by atoms with Crippen LogP contribution in [0.15, 0.2) is 0 Å². The van der Waals surface area contributed by atoms with Gasteiger partial charge in [0.2, 0.25) is 10.1 Å². The van der Waals surface area contributed by atoms with Crippen LogP contribution in [-0.4, -0.2) is 28.2 Å². The van der Waals surface area contributed by atoms with Gasteiger partial charge in [0.05, 0.1) is 0 Å². The van der Waals surface area contributed by atoms with Crippen molar-refractivity contribution in [3.63, 3.8) is 0 Å². The number of amides is 1. The quantitative estimate of drug-likeness (QED) is 0.843. The molecule has 0 bridgehead atoms. The molecule has 0 spiro atoms. The lowest BCUT2D eigenvalue weighted by Gasteiger charge is -2.38. The Morgan fingerprint density at radius 2 is 2.24 bits per heavy atom. The summed E-state index contributed by atoms with van der Waals surface area (Å²) in [4.78, 5) is 11.9. The summed E-state index contributed by atoms with van der Waals surface area (Å²) >= 11 is 1.31. The molecule has 6 heteroatoms. The van der Waals surface area contributed by atoms with Gasteiger partial charge >= 0.3 is 0 Å². The van der Waals surface area contributed by atoms with Crippen molar-refractivity contribution in [1.82, 2.24) is 15.5 Å². The smallest absolute Gasteiger partial charge is 0.282 e. The normalized spacial score (nSPS) is 17.3. The van der Waals surface area contributed by atoms with E-state index in [0.29, 0.717) is 5.01 Å². The SMILES string of the molecule is CCCNc1nnc(C(=O)NC2(C)CCC2)s1. The van der Waals surface area contributed by atoms with Gasteiger partial charge in [0.1, 0.15) is 0 Å². The fourth-order valence-electron chi connectivity index (χ4n) is 1.78. The number of nitrogens with zero attached hydrogens (tertiary/aromatic N) is 2. The van der Waals surface area contributed by atoms with E-state index in [1.807, 2.05) is 0 Å². The van der Waals surface area contributed by atoms with Crippen LogP contribution in [0, 0.1) is 0 Å². The van der Waals surface area contributed by atoms with Crippen molar-refractivity contribution in [2.24, 2.45) is 0 Å². The van der Waals surface area contributed by atoms with Gasteiger partial charge in [-0.15, -0.1) is 10.2 Å². The molecule has 1 amide bonds. The minimum atomic E-state index is -0.103. The summed E-state index contributed by atoms with van der Waals surface area (Å²) in [5.41, 5.74) is -0.0280. The Morgan fingerprint density at radius 1 is 1.47 bits per heavy atom.